The third-order valence-corrected chi connectivity index (χ3v) is 6.04. The number of rotatable bonds is 10. The summed E-state index contributed by atoms with van der Waals surface area (Å²) < 4.78 is 10.1. The first kappa shape index (κ1) is 26.7. The van der Waals surface area contributed by atoms with E-state index in [1.54, 1.807) is 25.4 Å². The number of amides is 3. The predicted octanol–water partition coefficient (Wildman–Crippen LogP) is 4.99. The number of esters is 1. The van der Waals surface area contributed by atoms with Gasteiger partial charge in [0.05, 0.1) is 13.2 Å². The van der Waals surface area contributed by atoms with Gasteiger partial charge in [-0.2, -0.15) is 0 Å². The zero-order valence-electron chi connectivity index (χ0n) is 20.2. The molecule has 1 heterocycles. The number of aromatic nitrogens is 1. The van der Waals surface area contributed by atoms with Crippen molar-refractivity contribution < 1.29 is 23.9 Å². The number of hydrogen-bond acceptors (Lipinski definition) is 6. The Morgan fingerprint density at radius 1 is 1.08 bits per heavy atom. The summed E-state index contributed by atoms with van der Waals surface area (Å²) in [5, 5.41) is 7.87. The number of methoxy groups -OCH3 is 1. The van der Waals surface area contributed by atoms with Crippen LogP contribution < -0.4 is 10.6 Å². The van der Waals surface area contributed by atoms with Crippen molar-refractivity contribution in [2.75, 3.05) is 26.1 Å². The number of ether oxygens (including phenoxy) is 2. The number of urea groups is 1. The number of benzene rings is 2. The Labute approximate surface area is 214 Å². The molecule has 0 saturated carbocycles. The molecule has 0 saturated heterocycles. The normalized spacial score (nSPS) is 11.4. The summed E-state index contributed by atoms with van der Waals surface area (Å²) in [5.74, 6) is 0.00685. The van der Waals surface area contributed by atoms with Crippen LogP contribution in [0.1, 0.15) is 24.8 Å². The second kappa shape index (κ2) is 13.3. The molecule has 3 aromatic rings. The van der Waals surface area contributed by atoms with E-state index in [4.69, 9.17) is 16.3 Å². The average molecular weight is 513 g/mol. The highest BCUT2D eigenvalue weighted by Gasteiger charge is 2.22. The molecule has 190 valence electrons. The monoisotopic (exact) mass is 512 g/mol. The second-order valence-corrected chi connectivity index (χ2v) is 8.53. The third-order valence-electron chi connectivity index (χ3n) is 5.67. The summed E-state index contributed by atoms with van der Waals surface area (Å²) in [6, 6.07) is 15.8. The van der Waals surface area contributed by atoms with Gasteiger partial charge < -0.3 is 19.7 Å². The van der Waals surface area contributed by atoms with Crippen LogP contribution in [-0.4, -0.2) is 54.8 Å². The van der Waals surface area contributed by atoms with Gasteiger partial charge >= 0.3 is 18.1 Å². The van der Waals surface area contributed by atoms with Gasteiger partial charge in [-0.1, -0.05) is 54.1 Å². The molecule has 0 aliphatic carbocycles. The van der Waals surface area contributed by atoms with Crippen LogP contribution in [0.25, 0.3) is 10.8 Å². The van der Waals surface area contributed by atoms with Crippen molar-refractivity contribution in [1.29, 1.82) is 0 Å². The van der Waals surface area contributed by atoms with E-state index in [0.29, 0.717) is 23.7 Å². The van der Waals surface area contributed by atoms with Crippen LogP contribution in [0.4, 0.5) is 15.4 Å². The summed E-state index contributed by atoms with van der Waals surface area (Å²) in [5.41, 5.74) is 0.779. The van der Waals surface area contributed by atoms with E-state index >= 15 is 0 Å². The van der Waals surface area contributed by atoms with Crippen molar-refractivity contribution in [3.05, 3.63) is 71.4 Å². The number of carbonyl (C=O) groups is 3. The second-order valence-electron chi connectivity index (χ2n) is 8.12. The van der Waals surface area contributed by atoms with Gasteiger partial charge in [-0.05, 0) is 35.9 Å². The lowest BCUT2D eigenvalue weighted by Gasteiger charge is -2.28. The van der Waals surface area contributed by atoms with Crippen molar-refractivity contribution in [3.8, 4) is 0 Å². The van der Waals surface area contributed by atoms with E-state index in [0.717, 1.165) is 16.3 Å². The molecule has 36 heavy (non-hydrogen) atoms. The molecule has 3 rings (SSSR count). The topological polar surface area (TPSA) is 110 Å². The highest BCUT2D eigenvalue weighted by atomic mass is 35.5. The fourth-order valence-corrected chi connectivity index (χ4v) is 3.74. The molecule has 0 radical (unpaired) electrons. The molecule has 9 nitrogen and oxygen atoms in total. The number of nitrogens with one attached hydrogen (secondary N) is 2. The van der Waals surface area contributed by atoms with E-state index in [1.807, 2.05) is 42.5 Å². The van der Waals surface area contributed by atoms with Crippen LogP contribution in [0.5, 0.6) is 0 Å². The molecular weight excluding hydrogens is 484 g/mol. The summed E-state index contributed by atoms with van der Waals surface area (Å²) in [7, 11) is 2.93. The molecule has 1 unspecified atom stereocenters. The highest BCUT2D eigenvalue weighted by molar-refractivity contribution is 6.31. The molecule has 0 spiro atoms. The first-order chi connectivity index (χ1) is 17.4. The SMILES string of the molecule is COC(=O)CCCC(COC(=O)Nc1cc2ccccc2cn1)N(C)C(=O)NCc1ccccc1Cl. The van der Waals surface area contributed by atoms with Crippen molar-refractivity contribution in [1.82, 2.24) is 15.2 Å². The molecule has 2 aromatic carbocycles. The Kier molecular flexibility index (Phi) is 9.88. The molecule has 1 aromatic heterocycles. The Hall–Kier alpha value is -3.85. The first-order valence-corrected chi connectivity index (χ1v) is 11.8. The lowest BCUT2D eigenvalue weighted by Crippen LogP contribution is -2.46. The van der Waals surface area contributed by atoms with Crippen LogP contribution in [0.3, 0.4) is 0 Å². The van der Waals surface area contributed by atoms with Gasteiger partial charge in [0.1, 0.15) is 12.4 Å². The number of likely N-dealkylation sites (N-methyl/N-ethyl adjacent to an activating group) is 1. The Bertz CT molecular complexity index is 1210. The van der Waals surface area contributed by atoms with Crippen LogP contribution in [-0.2, 0) is 20.8 Å². The third kappa shape index (κ3) is 7.84. The minimum Gasteiger partial charge on any atom is -0.469 e. The molecule has 10 heteroatoms. The number of anilines is 1. The van der Waals surface area contributed by atoms with E-state index in [2.05, 4.69) is 20.4 Å². The summed E-state index contributed by atoms with van der Waals surface area (Å²) >= 11 is 6.17. The van der Waals surface area contributed by atoms with Crippen LogP contribution >= 0.6 is 11.6 Å². The van der Waals surface area contributed by atoms with Gasteiger partial charge in [0.2, 0.25) is 0 Å². The van der Waals surface area contributed by atoms with Gasteiger partial charge in [0, 0.05) is 36.6 Å². The number of halogens is 1. The maximum Gasteiger partial charge on any atom is 0.412 e. The minimum atomic E-state index is -0.694. The maximum atomic E-state index is 12.8. The lowest BCUT2D eigenvalue weighted by atomic mass is 10.1. The molecule has 3 amide bonds. The Morgan fingerprint density at radius 3 is 2.56 bits per heavy atom. The fraction of sp³-hybridized carbons (Fsp3) is 0.308. The average Bonchev–Trinajstić information content (AvgIpc) is 2.89. The molecule has 0 aliphatic rings. The zero-order valence-corrected chi connectivity index (χ0v) is 21.0. The first-order valence-electron chi connectivity index (χ1n) is 11.5. The quantitative estimate of drug-likeness (QED) is 0.370. The van der Waals surface area contributed by atoms with E-state index in [1.165, 1.54) is 12.0 Å². The lowest BCUT2D eigenvalue weighted by molar-refractivity contribution is -0.140. The molecular formula is C26H29ClN4O5. The number of hydrogen-bond donors (Lipinski definition) is 2. The van der Waals surface area contributed by atoms with Gasteiger partial charge in [-0.3, -0.25) is 10.1 Å². The summed E-state index contributed by atoms with van der Waals surface area (Å²) in [4.78, 5) is 42.4. The number of pyridine rings is 1. The number of fused-ring (bicyclic) bond motifs is 1. The van der Waals surface area contributed by atoms with Crippen LogP contribution in [0.2, 0.25) is 5.02 Å². The van der Waals surface area contributed by atoms with Crippen molar-refractivity contribution >= 4 is 46.3 Å². The molecule has 2 N–H and O–H groups in total. The van der Waals surface area contributed by atoms with Crippen molar-refractivity contribution in [2.45, 2.75) is 31.8 Å². The van der Waals surface area contributed by atoms with E-state index < -0.39 is 12.1 Å². The number of carbonyl (C=O) groups excluding carboxylic acids is 3. The van der Waals surface area contributed by atoms with Gasteiger partial charge in [0.15, 0.2) is 0 Å². The van der Waals surface area contributed by atoms with Crippen LogP contribution in [0, 0.1) is 0 Å². The van der Waals surface area contributed by atoms with Gasteiger partial charge in [0.25, 0.3) is 0 Å². The Balaban J connectivity index is 1.58. The van der Waals surface area contributed by atoms with Crippen molar-refractivity contribution in [3.63, 3.8) is 0 Å². The highest BCUT2D eigenvalue weighted by Crippen LogP contribution is 2.17. The number of nitrogens with zero attached hydrogens (tertiary/aromatic N) is 2. The molecule has 0 bridgehead atoms. The maximum absolute atomic E-state index is 12.8. The van der Waals surface area contributed by atoms with Crippen LogP contribution in [0.15, 0.2) is 60.8 Å². The smallest absolute Gasteiger partial charge is 0.412 e. The summed E-state index contributed by atoms with van der Waals surface area (Å²) in [6.45, 7) is 0.170. The molecule has 0 aliphatic heterocycles. The summed E-state index contributed by atoms with van der Waals surface area (Å²) in [6.07, 6.45) is 2.04. The Morgan fingerprint density at radius 2 is 1.81 bits per heavy atom. The predicted molar refractivity (Wildman–Crippen MR) is 138 cm³/mol. The van der Waals surface area contributed by atoms with Gasteiger partial charge in [-0.25, -0.2) is 14.6 Å². The minimum absolute atomic E-state index is 0.0728. The molecule has 1 atom stereocenters. The largest absolute Gasteiger partial charge is 0.469 e. The standard InChI is InChI=1S/C26H29ClN4O5/c1-31(25(33)29-16-20-10-5-6-12-22(20)27)21(11-7-13-24(32)35-2)17-36-26(34)30-23-14-18-8-3-4-9-19(18)15-28-23/h3-6,8-10,12,14-15,21H,7,11,13,16-17H2,1-2H3,(H,29,33)(H,28,30,34). The van der Waals surface area contributed by atoms with Gasteiger partial charge in [-0.15, -0.1) is 0 Å². The van der Waals surface area contributed by atoms with E-state index in [-0.39, 0.29) is 31.6 Å². The fourth-order valence-electron chi connectivity index (χ4n) is 3.54. The van der Waals surface area contributed by atoms with E-state index in [9.17, 15) is 14.4 Å². The molecule has 0 fully saturated rings. The van der Waals surface area contributed by atoms with Crippen molar-refractivity contribution in [2.24, 2.45) is 0 Å². The zero-order chi connectivity index (χ0) is 25.9.